The second-order valence-electron chi connectivity index (χ2n) is 6.91. The van der Waals surface area contributed by atoms with Crippen LogP contribution in [-0.2, 0) is 52.2 Å². The minimum absolute atomic E-state index is 0.186. The van der Waals surface area contributed by atoms with Crippen molar-refractivity contribution in [1.29, 1.82) is 0 Å². The average Bonchev–Trinajstić information content (AvgIpc) is 2.86. The second-order valence-corrected chi connectivity index (χ2v) is 6.91. The maximum atomic E-state index is 11.1. The van der Waals surface area contributed by atoms with E-state index in [4.69, 9.17) is 47.4 Å². The van der Waals surface area contributed by atoms with Crippen molar-refractivity contribution in [2.45, 2.75) is 19.8 Å². The highest BCUT2D eigenvalue weighted by molar-refractivity contribution is 5.69. The van der Waals surface area contributed by atoms with Gasteiger partial charge in [0.2, 0.25) is 0 Å². The van der Waals surface area contributed by atoms with E-state index in [0.717, 1.165) is 6.42 Å². The quantitative estimate of drug-likeness (QED) is 0.0799. The summed E-state index contributed by atoms with van der Waals surface area (Å²) in [6, 6.07) is 0. The molecular weight excluding hydrogens is 464 g/mol. The lowest BCUT2D eigenvalue weighted by Gasteiger charge is -2.09. The Morgan fingerprint density at radius 2 is 0.800 bits per heavy atom. The Balaban J connectivity index is 3.04. The van der Waals surface area contributed by atoms with E-state index in [0.29, 0.717) is 119 Å². The van der Waals surface area contributed by atoms with Crippen molar-refractivity contribution in [1.82, 2.24) is 0 Å². The molecule has 0 spiro atoms. The monoisotopic (exact) mass is 510 g/mol. The third kappa shape index (κ3) is 30.7. The number of carbonyl (C=O) groups excluding carboxylic acids is 1. The molecule has 0 aromatic rings. The molecule has 35 heavy (non-hydrogen) atoms. The SMILES string of the molecule is C=COCCOCCOCCOCCOCCOCCOCCOCCOCCOC(=O)CCC. The van der Waals surface area contributed by atoms with E-state index in [9.17, 15) is 4.79 Å². The van der Waals surface area contributed by atoms with Gasteiger partial charge >= 0.3 is 5.97 Å². The molecule has 0 aliphatic carbocycles. The third-order valence-corrected chi connectivity index (χ3v) is 4.01. The van der Waals surface area contributed by atoms with Crippen molar-refractivity contribution in [3.8, 4) is 0 Å². The lowest BCUT2D eigenvalue weighted by atomic mass is 10.3. The second kappa shape index (κ2) is 30.7. The molecule has 0 rings (SSSR count). The lowest BCUT2D eigenvalue weighted by molar-refractivity contribution is -0.145. The predicted molar refractivity (Wildman–Crippen MR) is 129 cm³/mol. The summed E-state index contributed by atoms with van der Waals surface area (Å²) in [5.41, 5.74) is 0. The molecule has 0 fully saturated rings. The van der Waals surface area contributed by atoms with E-state index in [1.54, 1.807) is 0 Å². The third-order valence-electron chi connectivity index (χ3n) is 4.01. The van der Waals surface area contributed by atoms with Crippen LogP contribution in [0.1, 0.15) is 19.8 Å². The smallest absolute Gasteiger partial charge is 0.305 e. The van der Waals surface area contributed by atoms with E-state index < -0.39 is 0 Å². The standard InChI is InChI=1S/C24H46O11/c1-3-5-24(25)35-23-22-34-21-20-33-19-18-32-17-16-31-15-14-30-13-12-29-11-10-28-9-8-27-7-6-26-4-2/h4H,2-3,5-23H2,1H3. The van der Waals surface area contributed by atoms with Crippen LogP contribution in [-0.4, -0.2) is 125 Å². The highest BCUT2D eigenvalue weighted by Gasteiger charge is 2.00. The van der Waals surface area contributed by atoms with E-state index in [2.05, 4.69) is 6.58 Å². The van der Waals surface area contributed by atoms with Crippen molar-refractivity contribution in [3.63, 3.8) is 0 Å². The number of ether oxygens (including phenoxy) is 10. The van der Waals surface area contributed by atoms with Crippen LogP contribution < -0.4 is 0 Å². The van der Waals surface area contributed by atoms with Gasteiger partial charge in [0, 0.05) is 6.42 Å². The first-order chi connectivity index (χ1) is 17.3. The Bertz CT molecular complexity index is 438. The molecular formula is C24H46O11. The Morgan fingerprint density at radius 1 is 0.514 bits per heavy atom. The minimum Gasteiger partial charge on any atom is -0.499 e. The zero-order valence-corrected chi connectivity index (χ0v) is 21.4. The van der Waals surface area contributed by atoms with Crippen molar-refractivity contribution in [3.05, 3.63) is 12.8 Å². The Labute approximate surface area is 210 Å². The maximum absolute atomic E-state index is 11.1. The van der Waals surface area contributed by atoms with Crippen LogP contribution >= 0.6 is 0 Å². The number of rotatable bonds is 30. The molecule has 0 amide bonds. The summed E-state index contributed by atoms with van der Waals surface area (Å²) in [5.74, 6) is -0.186. The van der Waals surface area contributed by atoms with E-state index in [1.165, 1.54) is 6.26 Å². The number of hydrogen-bond acceptors (Lipinski definition) is 11. The average molecular weight is 511 g/mol. The van der Waals surface area contributed by atoms with Crippen LogP contribution in [0.4, 0.5) is 0 Å². The zero-order valence-electron chi connectivity index (χ0n) is 21.4. The summed E-state index contributed by atoms with van der Waals surface area (Å²) in [5, 5.41) is 0. The summed E-state index contributed by atoms with van der Waals surface area (Å²) in [6.07, 6.45) is 2.63. The Kier molecular flexibility index (Phi) is 29.6. The van der Waals surface area contributed by atoms with Gasteiger partial charge in [-0.15, -0.1) is 0 Å². The number of carbonyl (C=O) groups is 1. The first-order valence-corrected chi connectivity index (χ1v) is 12.3. The zero-order chi connectivity index (χ0) is 25.5. The normalized spacial score (nSPS) is 11.0. The molecule has 0 aromatic heterocycles. The van der Waals surface area contributed by atoms with Crippen LogP contribution in [0.25, 0.3) is 0 Å². The summed E-state index contributed by atoms with van der Waals surface area (Å²) in [4.78, 5) is 11.1. The van der Waals surface area contributed by atoms with Gasteiger partial charge in [-0.1, -0.05) is 13.5 Å². The molecule has 0 saturated heterocycles. The summed E-state index contributed by atoms with van der Waals surface area (Å²) < 4.78 is 53.0. The van der Waals surface area contributed by atoms with Crippen LogP contribution in [0, 0.1) is 0 Å². The molecule has 0 aromatic carbocycles. The van der Waals surface area contributed by atoms with Gasteiger partial charge in [0.1, 0.15) is 13.2 Å². The fourth-order valence-corrected chi connectivity index (χ4v) is 2.32. The molecule has 0 aliphatic heterocycles. The fraction of sp³-hybridized carbons (Fsp3) is 0.875. The van der Waals surface area contributed by atoms with Gasteiger partial charge in [-0.25, -0.2) is 0 Å². The first-order valence-electron chi connectivity index (χ1n) is 12.3. The van der Waals surface area contributed by atoms with Gasteiger partial charge in [0.15, 0.2) is 0 Å². The van der Waals surface area contributed by atoms with Crippen molar-refractivity contribution >= 4 is 5.97 Å². The molecule has 0 heterocycles. The van der Waals surface area contributed by atoms with Crippen molar-refractivity contribution in [2.24, 2.45) is 0 Å². The highest BCUT2D eigenvalue weighted by Crippen LogP contribution is 1.91. The molecule has 0 bridgehead atoms. The van der Waals surface area contributed by atoms with E-state index >= 15 is 0 Å². The van der Waals surface area contributed by atoms with Crippen molar-refractivity contribution in [2.75, 3.05) is 119 Å². The lowest BCUT2D eigenvalue weighted by Crippen LogP contribution is -2.15. The maximum Gasteiger partial charge on any atom is 0.305 e. The topological polar surface area (TPSA) is 109 Å². The van der Waals surface area contributed by atoms with Gasteiger partial charge in [-0.2, -0.15) is 0 Å². The predicted octanol–water partition coefficient (Wildman–Crippen LogP) is 1.62. The molecule has 0 aliphatic rings. The van der Waals surface area contributed by atoms with Gasteiger partial charge in [0.05, 0.1) is 112 Å². The minimum atomic E-state index is -0.186. The molecule has 0 radical (unpaired) electrons. The summed E-state index contributed by atoms with van der Waals surface area (Å²) in [7, 11) is 0. The number of hydrogen-bond donors (Lipinski definition) is 0. The van der Waals surface area contributed by atoms with Gasteiger partial charge in [-0.3, -0.25) is 4.79 Å². The Morgan fingerprint density at radius 3 is 1.09 bits per heavy atom. The molecule has 11 nitrogen and oxygen atoms in total. The van der Waals surface area contributed by atoms with E-state index in [-0.39, 0.29) is 12.6 Å². The van der Waals surface area contributed by atoms with Gasteiger partial charge in [-0.05, 0) is 6.42 Å². The molecule has 11 heteroatoms. The summed E-state index contributed by atoms with van der Waals surface area (Å²) >= 11 is 0. The summed E-state index contributed by atoms with van der Waals surface area (Å²) in [6.45, 7) is 14.1. The van der Waals surface area contributed by atoms with Crippen LogP contribution in [0.3, 0.4) is 0 Å². The van der Waals surface area contributed by atoms with Gasteiger partial charge < -0.3 is 47.4 Å². The molecule has 0 saturated carbocycles. The van der Waals surface area contributed by atoms with Crippen LogP contribution in [0.5, 0.6) is 0 Å². The van der Waals surface area contributed by atoms with Gasteiger partial charge in [0.25, 0.3) is 0 Å². The van der Waals surface area contributed by atoms with Crippen LogP contribution in [0.2, 0.25) is 0 Å². The largest absolute Gasteiger partial charge is 0.499 e. The molecule has 0 N–H and O–H groups in total. The van der Waals surface area contributed by atoms with Crippen LogP contribution in [0.15, 0.2) is 12.8 Å². The van der Waals surface area contributed by atoms with E-state index in [1.807, 2.05) is 6.92 Å². The first kappa shape index (κ1) is 33.7. The number of esters is 1. The molecule has 0 atom stereocenters. The molecule has 208 valence electrons. The fourth-order valence-electron chi connectivity index (χ4n) is 2.32. The van der Waals surface area contributed by atoms with Crippen molar-refractivity contribution < 1.29 is 52.2 Å². The highest BCUT2D eigenvalue weighted by atomic mass is 16.6. The molecule has 0 unspecified atom stereocenters. The Hall–Kier alpha value is -1.31.